The lowest BCUT2D eigenvalue weighted by atomic mass is 9.95. The lowest BCUT2D eigenvalue weighted by Gasteiger charge is -2.24. The second-order valence-electron chi connectivity index (χ2n) is 7.42. The van der Waals surface area contributed by atoms with Crippen LogP contribution >= 0.6 is 0 Å². The van der Waals surface area contributed by atoms with Crippen LogP contribution in [0, 0.1) is 13.8 Å². The molecule has 1 aliphatic rings. The van der Waals surface area contributed by atoms with E-state index in [-0.39, 0.29) is 0 Å². The Labute approximate surface area is 160 Å². The van der Waals surface area contributed by atoms with Crippen molar-refractivity contribution in [1.82, 2.24) is 14.4 Å². The third kappa shape index (κ3) is 3.64. The van der Waals surface area contributed by atoms with Crippen LogP contribution in [-0.4, -0.2) is 27.0 Å². The predicted molar refractivity (Wildman–Crippen MR) is 110 cm³/mol. The van der Waals surface area contributed by atoms with Gasteiger partial charge in [-0.3, -0.25) is 4.40 Å². The Balaban J connectivity index is 1.80. The van der Waals surface area contributed by atoms with Crippen LogP contribution in [0.5, 0.6) is 5.75 Å². The van der Waals surface area contributed by atoms with E-state index < -0.39 is 0 Å². The maximum Gasteiger partial charge on any atom is 0.236 e. The number of benzene rings is 1. The quantitative estimate of drug-likeness (QED) is 0.680. The summed E-state index contributed by atoms with van der Waals surface area (Å²) in [5.41, 5.74) is 4.19. The van der Waals surface area contributed by atoms with Gasteiger partial charge in [-0.1, -0.05) is 19.3 Å². The zero-order valence-corrected chi connectivity index (χ0v) is 16.5. The topological polar surface area (TPSA) is 51.5 Å². The van der Waals surface area contributed by atoms with Crippen LogP contribution < -0.4 is 10.1 Å². The van der Waals surface area contributed by atoms with Gasteiger partial charge < -0.3 is 10.1 Å². The van der Waals surface area contributed by atoms with E-state index in [2.05, 4.69) is 39.8 Å². The van der Waals surface area contributed by atoms with E-state index in [1.807, 2.05) is 26.0 Å². The molecule has 1 aliphatic carbocycles. The average Bonchev–Trinajstić information content (AvgIpc) is 3.02. The highest BCUT2D eigenvalue weighted by Crippen LogP contribution is 2.33. The Hall–Kier alpha value is -2.56. The van der Waals surface area contributed by atoms with Crippen LogP contribution in [0.4, 0.5) is 5.82 Å². The average molecular weight is 364 g/mol. The molecule has 4 rings (SSSR count). The van der Waals surface area contributed by atoms with Crippen molar-refractivity contribution in [2.24, 2.45) is 0 Å². The van der Waals surface area contributed by atoms with Gasteiger partial charge in [-0.05, 0) is 63.9 Å². The van der Waals surface area contributed by atoms with Crippen LogP contribution in [0.15, 0.2) is 30.3 Å². The van der Waals surface area contributed by atoms with Gasteiger partial charge in [-0.25, -0.2) is 9.97 Å². The van der Waals surface area contributed by atoms with E-state index in [9.17, 15) is 0 Å². The molecule has 0 radical (unpaired) electrons. The fraction of sp³-hybridized carbons (Fsp3) is 0.455. The van der Waals surface area contributed by atoms with Crippen LogP contribution in [0.3, 0.4) is 0 Å². The second kappa shape index (κ2) is 7.59. The van der Waals surface area contributed by atoms with Crippen molar-refractivity contribution >= 4 is 11.6 Å². The zero-order valence-electron chi connectivity index (χ0n) is 16.5. The molecule has 1 saturated carbocycles. The summed E-state index contributed by atoms with van der Waals surface area (Å²) in [6.45, 7) is 6.81. The van der Waals surface area contributed by atoms with E-state index in [4.69, 9.17) is 9.72 Å². The molecule has 0 bridgehead atoms. The Morgan fingerprint density at radius 3 is 2.52 bits per heavy atom. The SMILES string of the molecule is CCOc1ccc(-c2nc3nc(C)cc(C)n3c2NC2CCCCC2)cc1. The maximum atomic E-state index is 5.59. The summed E-state index contributed by atoms with van der Waals surface area (Å²) in [5.74, 6) is 2.71. The summed E-state index contributed by atoms with van der Waals surface area (Å²) in [6.07, 6.45) is 6.37. The molecule has 2 heterocycles. The summed E-state index contributed by atoms with van der Waals surface area (Å²) >= 11 is 0. The molecule has 142 valence electrons. The number of aryl methyl sites for hydroxylation is 2. The molecule has 1 N–H and O–H groups in total. The number of nitrogens with one attached hydrogen (secondary N) is 1. The molecule has 27 heavy (non-hydrogen) atoms. The van der Waals surface area contributed by atoms with Gasteiger partial charge in [0, 0.05) is 23.0 Å². The summed E-state index contributed by atoms with van der Waals surface area (Å²) in [4.78, 5) is 9.56. The van der Waals surface area contributed by atoms with E-state index in [0.29, 0.717) is 12.6 Å². The molecular weight excluding hydrogens is 336 g/mol. The molecule has 2 aromatic heterocycles. The Morgan fingerprint density at radius 1 is 1.07 bits per heavy atom. The first-order valence-electron chi connectivity index (χ1n) is 10.0. The van der Waals surface area contributed by atoms with Gasteiger partial charge in [0.1, 0.15) is 17.3 Å². The summed E-state index contributed by atoms with van der Waals surface area (Å²) in [7, 11) is 0. The monoisotopic (exact) mass is 364 g/mol. The van der Waals surface area contributed by atoms with Gasteiger partial charge in [0.2, 0.25) is 5.78 Å². The first-order valence-corrected chi connectivity index (χ1v) is 10.0. The number of rotatable bonds is 5. The number of hydrogen-bond acceptors (Lipinski definition) is 4. The van der Waals surface area contributed by atoms with Crippen molar-refractivity contribution in [2.45, 2.75) is 58.9 Å². The van der Waals surface area contributed by atoms with Gasteiger partial charge >= 0.3 is 0 Å². The largest absolute Gasteiger partial charge is 0.494 e. The molecule has 0 saturated heterocycles. The van der Waals surface area contributed by atoms with Crippen molar-refractivity contribution in [3.05, 3.63) is 41.7 Å². The van der Waals surface area contributed by atoms with Crippen molar-refractivity contribution in [3.63, 3.8) is 0 Å². The molecule has 0 amide bonds. The maximum absolute atomic E-state index is 5.59. The van der Waals surface area contributed by atoms with E-state index in [0.717, 1.165) is 40.0 Å². The highest BCUT2D eigenvalue weighted by molar-refractivity contribution is 5.76. The molecule has 0 spiro atoms. The fourth-order valence-electron chi connectivity index (χ4n) is 4.02. The molecule has 1 fully saturated rings. The van der Waals surface area contributed by atoms with Crippen LogP contribution in [0.25, 0.3) is 17.0 Å². The highest BCUT2D eigenvalue weighted by atomic mass is 16.5. The minimum atomic E-state index is 0.501. The molecule has 1 aromatic carbocycles. The zero-order chi connectivity index (χ0) is 18.8. The number of nitrogens with zero attached hydrogens (tertiary/aromatic N) is 3. The van der Waals surface area contributed by atoms with Crippen molar-refractivity contribution in [1.29, 1.82) is 0 Å². The van der Waals surface area contributed by atoms with Crippen molar-refractivity contribution < 1.29 is 4.74 Å². The number of hydrogen-bond donors (Lipinski definition) is 1. The first-order chi connectivity index (χ1) is 13.2. The third-order valence-electron chi connectivity index (χ3n) is 5.29. The third-order valence-corrected chi connectivity index (χ3v) is 5.29. The van der Waals surface area contributed by atoms with Gasteiger partial charge in [0.25, 0.3) is 0 Å². The molecule has 0 unspecified atom stereocenters. The van der Waals surface area contributed by atoms with Gasteiger partial charge in [0.15, 0.2) is 0 Å². The number of fused-ring (bicyclic) bond motifs is 1. The smallest absolute Gasteiger partial charge is 0.236 e. The number of ether oxygens (including phenoxy) is 1. The standard InChI is InChI=1S/C22H28N4O/c1-4-27-19-12-10-17(11-13-19)20-21(24-18-8-6-5-7-9-18)26-16(3)14-15(2)23-22(26)25-20/h10-14,18,24H,4-9H2,1-3H3. The van der Waals surface area contributed by atoms with Gasteiger partial charge in [-0.2, -0.15) is 0 Å². The van der Waals surface area contributed by atoms with Crippen LogP contribution in [-0.2, 0) is 0 Å². The number of aromatic nitrogens is 3. The molecule has 5 heteroatoms. The van der Waals surface area contributed by atoms with Crippen LogP contribution in [0.1, 0.15) is 50.4 Å². The van der Waals surface area contributed by atoms with E-state index in [1.54, 1.807) is 0 Å². The molecule has 3 aromatic rings. The van der Waals surface area contributed by atoms with Crippen molar-refractivity contribution in [2.75, 3.05) is 11.9 Å². The lowest BCUT2D eigenvalue weighted by molar-refractivity contribution is 0.340. The van der Waals surface area contributed by atoms with Crippen molar-refractivity contribution in [3.8, 4) is 17.0 Å². The predicted octanol–water partition coefficient (Wildman–Crippen LogP) is 5.16. The molecule has 0 atom stereocenters. The van der Waals surface area contributed by atoms with Gasteiger partial charge in [-0.15, -0.1) is 0 Å². The summed E-state index contributed by atoms with van der Waals surface area (Å²) in [5, 5.41) is 3.80. The summed E-state index contributed by atoms with van der Waals surface area (Å²) < 4.78 is 7.75. The number of imidazole rings is 1. The first kappa shape index (κ1) is 17.8. The molecule has 0 aliphatic heterocycles. The van der Waals surface area contributed by atoms with E-state index >= 15 is 0 Å². The normalized spacial score (nSPS) is 15.2. The lowest BCUT2D eigenvalue weighted by Crippen LogP contribution is -2.23. The summed E-state index contributed by atoms with van der Waals surface area (Å²) in [6, 6.07) is 10.8. The molecular formula is C22H28N4O. The Morgan fingerprint density at radius 2 is 1.81 bits per heavy atom. The highest BCUT2D eigenvalue weighted by Gasteiger charge is 2.21. The van der Waals surface area contributed by atoms with Gasteiger partial charge in [0.05, 0.1) is 6.61 Å². The van der Waals surface area contributed by atoms with E-state index in [1.165, 1.54) is 32.1 Å². The Bertz CT molecular complexity index is 924. The molecule has 5 nitrogen and oxygen atoms in total. The Kier molecular flexibility index (Phi) is 5.01. The second-order valence-corrected chi connectivity index (χ2v) is 7.42. The fourth-order valence-corrected chi connectivity index (χ4v) is 4.02. The minimum Gasteiger partial charge on any atom is -0.494 e. The van der Waals surface area contributed by atoms with Crippen LogP contribution in [0.2, 0.25) is 0 Å². The minimum absolute atomic E-state index is 0.501. The number of anilines is 1.